The molecule has 0 aliphatic rings. The van der Waals surface area contributed by atoms with Crippen molar-refractivity contribution < 1.29 is 0 Å². The predicted molar refractivity (Wildman–Crippen MR) is 523 cm³/mol. The molecule has 17 aromatic carbocycles. The minimum absolute atomic E-state index is 0.946. The maximum absolute atomic E-state index is 5.92. The minimum atomic E-state index is -1.42. The van der Waals surface area contributed by atoms with Gasteiger partial charge in [-0.15, -0.1) is 22.7 Å². The molecule has 4 nitrogen and oxygen atoms in total. The maximum Gasteiger partial charge on any atom is 0.0970 e. The van der Waals surface area contributed by atoms with Crippen molar-refractivity contribution in [2.24, 2.45) is 0 Å². The highest BCUT2D eigenvalue weighted by atomic mass is 127. The summed E-state index contributed by atoms with van der Waals surface area (Å²) >= 11 is 8.51. The zero-order valence-corrected chi connectivity index (χ0v) is 69.2. The molecule has 23 rings (SSSR count). The van der Waals surface area contributed by atoms with Gasteiger partial charge in [-0.05, 0) is 183 Å². The predicted octanol–water partition coefficient (Wildman–Crippen LogP) is 30.6. The number of nitrogens with zero attached hydrogens (tertiary/aromatic N) is 4. The number of benzene rings is 17. The molecule has 0 spiro atoms. The third-order valence-electron chi connectivity index (χ3n) is 22.0. The van der Waals surface area contributed by atoms with E-state index in [1.165, 1.54) is 188 Å². The Morgan fingerprint density at radius 3 is 1.03 bits per heavy atom. The van der Waals surface area contributed by atoms with Crippen LogP contribution in [0.1, 0.15) is 0 Å². The summed E-state index contributed by atoms with van der Waals surface area (Å²) in [4.78, 5) is 9.34. The number of rotatable bonds is 9. The first-order chi connectivity index (χ1) is 58.3. The average Bonchev–Trinajstić information content (AvgIpc) is 1.49. The molecular weight excluding hydrogens is 1680 g/mol. The Bertz CT molecular complexity index is 7270. The first-order valence-corrected chi connectivity index (χ1v) is 45.7. The zero-order chi connectivity index (χ0) is 79.6. The molecule has 0 aliphatic carbocycles. The number of fused-ring (bicyclic) bond motifs is 17. The second kappa shape index (κ2) is 32.2. The molecular formula is C105H72BI2N4PS2. The smallest absolute Gasteiger partial charge is 0.0970 e. The van der Waals surface area contributed by atoms with E-state index in [0.717, 1.165) is 28.0 Å². The Hall–Kier alpha value is -11.9. The van der Waals surface area contributed by atoms with Gasteiger partial charge in [0.05, 0.1) is 41.4 Å². The quantitative estimate of drug-likeness (QED) is 0.0361. The van der Waals surface area contributed by atoms with Crippen molar-refractivity contribution in [1.82, 2.24) is 19.1 Å². The van der Waals surface area contributed by atoms with Crippen LogP contribution in [0.5, 0.6) is 0 Å². The molecule has 0 amide bonds. The SMILES string of the molecule is ICPI.[2H]B([3H])[3H].c1ccc(-c2c3ccccc3c(-c3ccc(-n4c5ccccc5c5ccccc54)cc3)c3ccccc23)cc1.c1ccc(-c2ccnc3c2ccc2c(-c4ccccc4)ccnc23)cc1.c1ccc(-n2c3ccc(-c4cccc5c4sc4ccccc45)cc3c3cc(-c4cccc5c4sc4ccccc45)ccc32)cc1. The van der Waals surface area contributed by atoms with Crippen molar-refractivity contribution >= 4 is 209 Å². The number of para-hydroxylation sites is 3. The Morgan fingerprint density at radius 2 is 0.617 bits per heavy atom. The van der Waals surface area contributed by atoms with Crippen molar-refractivity contribution in [1.29, 1.82) is 4.01 Å². The van der Waals surface area contributed by atoms with Gasteiger partial charge in [-0.3, -0.25) is 9.97 Å². The Kier molecular flexibility index (Phi) is 19.5. The van der Waals surface area contributed by atoms with E-state index in [1.54, 1.807) is 0 Å². The highest BCUT2D eigenvalue weighted by Gasteiger charge is 2.22. The van der Waals surface area contributed by atoms with Crippen molar-refractivity contribution in [3.05, 3.63) is 401 Å². The van der Waals surface area contributed by atoms with Gasteiger partial charge in [-0.1, -0.05) is 348 Å². The lowest BCUT2D eigenvalue weighted by molar-refractivity contribution is 1.18. The molecule has 0 N–H and O–H groups in total. The number of pyridine rings is 2. The second-order valence-corrected chi connectivity index (χ2v) is 35.6. The van der Waals surface area contributed by atoms with Gasteiger partial charge in [-0.2, -0.15) is 0 Å². The normalized spacial score (nSPS) is 11.8. The van der Waals surface area contributed by atoms with Crippen molar-refractivity contribution in [3.8, 4) is 78.1 Å². The van der Waals surface area contributed by atoms with E-state index >= 15 is 0 Å². The number of aromatic nitrogens is 4. The molecule has 0 fully saturated rings. The molecule has 6 aromatic heterocycles. The molecule has 115 heavy (non-hydrogen) atoms. The fraction of sp³-hybridized carbons (Fsp3) is 0.00952. The molecule has 6 heterocycles. The highest BCUT2D eigenvalue weighted by Crippen LogP contribution is 2.48. The second-order valence-electron chi connectivity index (χ2n) is 28.4. The number of alkyl halides is 1. The van der Waals surface area contributed by atoms with Gasteiger partial charge in [0.15, 0.2) is 0 Å². The van der Waals surface area contributed by atoms with Crippen LogP contribution in [0.4, 0.5) is 0 Å². The van der Waals surface area contributed by atoms with Crippen LogP contribution in [0.3, 0.4) is 0 Å². The Morgan fingerprint density at radius 1 is 0.296 bits per heavy atom. The van der Waals surface area contributed by atoms with E-state index in [2.05, 4.69) is 440 Å². The first kappa shape index (κ1) is 69.8. The molecule has 0 saturated carbocycles. The summed E-state index contributed by atoms with van der Waals surface area (Å²) in [6.45, 7) is 0. The van der Waals surface area contributed by atoms with E-state index in [9.17, 15) is 0 Å². The monoisotopic (exact) mass is 1750 g/mol. The molecule has 0 radical (unpaired) electrons. The van der Waals surface area contributed by atoms with Gasteiger partial charge in [0.1, 0.15) is 0 Å². The number of hydrogen-bond donors (Lipinski definition) is 0. The maximum atomic E-state index is 5.92. The Balaban J connectivity index is 0.000000116. The summed E-state index contributed by atoms with van der Waals surface area (Å²) in [5.74, 6) is 0. The van der Waals surface area contributed by atoms with Crippen LogP contribution in [0.2, 0.25) is 0 Å². The van der Waals surface area contributed by atoms with Crippen molar-refractivity contribution in [2.45, 2.75) is 0 Å². The molecule has 23 aromatic rings. The highest BCUT2D eigenvalue weighted by molar-refractivity contribution is 14.2. The van der Waals surface area contributed by atoms with Crippen LogP contribution in [-0.2, 0) is 0 Å². The zero-order valence-electron chi connectivity index (χ0n) is 65.3. The van der Waals surface area contributed by atoms with Crippen LogP contribution in [0, 0.1) is 0 Å². The molecule has 0 bridgehead atoms. The standard InChI is InChI=1S/C42H25NS2.C38H25N.C24H16N2.CH3I2P.BH3/c1-2-10-28(11-3-1)43-37-22-20-26(29-14-8-16-33-31-12-4-6-18-39(31)44-41(29)33)24-35(37)36-25-27(21-23-38(36)43)30-15-9-17-34-32-13-5-7-19-40(32)45-42(30)34;1-2-12-26(13-3-1)37-31-16-4-6-18-33(31)38(34-19-7-5-17-32(34)37)27-22-24-28(25-23-27)39-35-20-10-8-14-29(35)30-15-9-11-21-36(30)39;1-3-7-17(8-4-1)19-13-15-25-23-21(19)11-12-22-20(14-16-26-24(22)23)18-9-5-2-6-10-18;2-1-4-3;/h1-25H;1-25H;1-16H;4H,1H2;1H3/i;;;;1T2D. The van der Waals surface area contributed by atoms with E-state index in [1.807, 2.05) is 47.2 Å². The van der Waals surface area contributed by atoms with E-state index in [0.29, 0.717) is 0 Å². The largest absolute Gasteiger partial charge is 0.309 e. The molecule has 546 valence electrons. The molecule has 1 atom stereocenters. The van der Waals surface area contributed by atoms with Gasteiger partial charge in [0.25, 0.3) is 0 Å². The fourth-order valence-electron chi connectivity index (χ4n) is 17.1. The topological polar surface area (TPSA) is 35.6 Å². The number of hydrogen-bond acceptors (Lipinski definition) is 4. The lowest BCUT2D eigenvalue weighted by atomic mass is 9.86. The average molecular weight is 1750 g/mol. The van der Waals surface area contributed by atoms with E-state index in [-0.39, 0.29) is 0 Å². The van der Waals surface area contributed by atoms with Crippen LogP contribution in [0.15, 0.2) is 401 Å². The van der Waals surface area contributed by atoms with Gasteiger partial charge >= 0.3 is 0 Å². The van der Waals surface area contributed by atoms with Crippen LogP contribution < -0.4 is 0 Å². The summed E-state index contributed by atoms with van der Waals surface area (Å²) in [5, 5.41) is 17.8. The Labute approximate surface area is 708 Å². The van der Waals surface area contributed by atoms with Crippen molar-refractivity contribution in [3.63, 3.8) is 0 Å². The van der Waals surface area contributed by atoms with Crippen molar-refractivity contribution in [2.75, 3.05) is 4.17 Å². The summed E-state index contributed by atoms with van der Waals surface area (Å²) in [5.41, 5.74) is 24.1. The van der Waals surface area contributed by atoms with Gasteiger partial charge in [0.2, 0.25) is 0 Å². The molecule has 0 aliphatic heterocycles. The fourth-order valence-corrected chi connectivity index (χ4v) is 19.5. The van der Waals surface area contributed by atoms with E-state index < -0.39 is 8.30 Å². The van der Waals surface area contributed by atoms with E-state index in [4.69, 9.17) is 4.01 Å². The lowest BCUT2D eigenvalue weighted by Gasteiger charge is -2.18. The summed E-state index contributed by atoms with van der Waals surface area (Å²) in [6.07, 6.45) is 4.85. The summed E-state index contributed by atoms with van der Waals surface area (Å²) < 4.78 is 29.2. The van der Waals surface area contributed by atoms with Gasteiger partial charge < -0.3 is 9.13 Å². The summed E-state index contributed by atoms with van der Waals surface area (Å²) in [7, 11) is -1.42. The van der Waals surface area contributed by atoms with Crippen LogP contribution in [-0.4, -0.2) is 35.6 Å². The third kappa shape index (κ3) is 13.4. The third-order valence-corrected chi connectivity index (χ3v) is 31.2. The number of halogens is 2. The number of thiophene rings is 2. The van der Waals surface area contributed by atoms with Crippen LogP contribution >= 0.6 is 73.5 Å². The lowest BCUT2D eigenvalue weighted by Crippen LogP contribution is -1.94. The molecule has 0 saturated heterocycles. The molecule has 1 unspecified atom stereocenters. The molecule has 10 heteroatoms. The summed E-state index contributed by atoms with van der Waals surface area (Å²) in [6, 6.07) is 140. The van der Waals surface area contributed by atoms with Gasteiger partial charge in [-0.25, -0.2) is 0 Å². The first-order valence-electron chi connectivity index (χ1n) is 40.0. The van der Waals surface area contributed by atoms with Crippen LogP contribution in [0.25, 0.3) is 205 Å². The van der Waals surface area contributed by atoms with Gasteiger partial charge in [0, 0.05) is 101 Å². The minimum Gasteiger partial charge on any atom is -0.309 e.